The second kappa shape index (κ2) is 6.71. The molecule has 0 spiro atoms. The van der Waals surface area contributed by atoms with E-state index >= 15 is 0 Å². The Hall–Kier alpha value is -2.61. The van der Waals surface area contributed by atoms with Crippen molar-refractivity contribution in [3.05, 3.63) is 47.4 Å². The summed E-state index contributed by atoms with van der Waals surface area (Å²) in [4.78, 5) is 10.9. The van der Waals surface area contributed by atoms with Crippen LogP contribution in [0.25, 0.3) is 0 Å². The van der Waals surface area contributed by atoms with Crippen molar-refractivity contribution >= 4 is 11.5 Å². The molecule has 0 aliphatic heterocycles. The molecule has 0 fully saturated rings. The highest BCUT2D eigenvalue weighted by Gasteiger charge is 2.10. The largest absolute Gasteiger partial charge is 0.370 e. The number of hydrogen-bond donors (Lipinski definition) is 1. The molecule has 1 aromatic heterocycles. The number of nitriles is 1. The first kappa shape index (κ1) is 14.8. The van der Waals surface area contributed by atoms with E-state index < -0.39 is 0 Å². The number of benzene rings is 1. The van der Waals surface area contributed by atoms with Crippen LogP contribution in [-0.2, 0) is 6.54 Å². The van der Waals surface area contributed by atoms with Gasteiger partial charge in [0.25, 0.3) is 0 Å². The predicted octanol–water partition coefficient (Wildman–Crippen LogP) is 2.72. The third-order valence-electron chi connectivity index (χ3n) is 3.07. The molecule has 0 radical (unpaired) electrons. The van der Waals surface area contributed by atoms with Gasteiger partial charge in [-0.1, -0.05) is 12.1 Å². The van der Waals surface area contributed by atoms with Gasteiger partial charge in [0.05, 0.1) is 17.8 Å². The number of nitrogens with one attached hydrogen (secondary N) is 1. The Labute approximate surface area is 125 Å². The summed E-state index contributed by atoms with van der Waals surface area (Å²) >= 11 is 0. The molecule has 0 saturated heterocycles. The Kier molecular flexibility index (Phi) is 4.72. The summed E-state index contributed by atoms with van der Waals surface area (Å²) in [5.41, 5.74) is 2.47. The maximum atomic E-state index is 9.17. The van der Waals surface area contributed by atoms with Gasteiger partial charge in [-0.15, -0.1) is 0 Å². The molecule has 108 valence electrons. The van der Waals surface area contributed by atoms with Crippen LogP contribution in [0.4, 0.5) is 11.5 Å². The van der Waals surface area contributed by atoms with Gasteiger partial charge in [0.1, 0.15) is 17.7 Å². The van der Waals surface area contributed by atoms with Gasteiger partial charge in [0.2, 0.25) is 0 Å². The van der Waals surface area contributed by atoms with Crippen molar-refractivity contribution in [1.29, 1.82) is 5.26 Å². The zero-order chi connectivity index (χ0) is 15.2. The number of aromatic nitrogens is 2. The Balaban J connectivity index is 2.23. The molecule has 1 N–H and O–H groups in total. The van der Waals surface area contributed by atoms with E-state index in [0.717, 1.165) is 29.6 Å². The highest BCUT2D eigenvalue weighted by atomic mass is 15.1. The van der Waals surface area contributed by atoms with Crippen LogP contribution < -0.4 is 10.2 Å². The molecule has 0 aliphatic rings. The molecule has 0 amide bonds. The summed E-state index contributed by atoms with van der Waals surface area (Å²) in [6.45, 7) is 5.36. The first-order valence-electron chi connectivity index (χ1n) is 6.92. The molecule has 0 aliphatic carbocycles. The summed E-state index contributed by atoms with van der Waals surface area (Å²) < 4.78 is 0. The molecule has 21 heavy (non-hydrogen) atoms. The monoisotopic (exact) mass is 281 g/mol. The van der Waals surface area contributed by atoms with E-state index in [-0.39, 0.29) is 0 Å². The van der Waals surface area contributed by atoms with Gasteiger partial charge in [-0.2, -0.15) is 5.26 Å². The highest BCUT2D eigenvalue weighted by molar-refractivity contribution is 5.58. The van der Waals surface area contributed by atoms with E-state index in [0.29, 0.717) is 12.1 Å². The fourth-order valence-electron chi connectivity index (χ4n) is 2.17. The number of anilines is 2. The van der Waals surface area contributed by atoms with Crippen LogP contribution in [0.2, 0.25) is 0 Å². The van der Waals surface area contributed by atoms with Gasteiger partial charge in [-0.05, 0) is 26.0 Å². The molecule has 1 aromatic carbocycles. The minimum atomic E-state index is 0.554. The second-order valence-corrected chi connectivity index (χ2v) is 4.83. The number of hydrogen-bond acceptors (Lipinski definition) is 5. The van der Waals surface area contributed by atoms with E-state index in [1.165, 1.54) is 0 Å². The van der Waals surface area contributed by atoms with E-state index in [1.807, 2.05) is 56.1 Å². The maximum Gasteiger partial charge on any atom is 0.150 e. The van der Waals surface area contributed by atoms with Gasteiger partial charge in [0.15, 0.2) is 0 Å². The fraction of sp³-hybridized carbons (Fsp3) is 0.312. The summed E-state index contributed by atoms with van der Waals surface area (Å²) in [5, 5.41) is 12.4. The molecule has 0 saturated carbocycles. The maximum absolute atomic E-state index is 9.17. The molecule has 2 rings (SSSR count). The first-order chi connectivity index (χ1) is 10.1. The van der Waals surface area contributed by atoms with Crippen LogP contribution in [0.1, 0.15) is 24.0 Å². The van der Waals surface area contributed by atoms with Gasteiger partial charge in [-0.3, -0.25) is 0 Å². The van der Waals surface area contributed by atoms with Crippen LogP contribution in [-0.4, -0.2) is 23.6 Å². The Bertz CT molecular complexity index is 660. The molecular weight excluding hydrogens is 262 g/mol. The van der Waals surface area contributed by atoms with Crippen LogP contribution >= 0.6 is 0 Å². The Morgan fingerprint density at radius 3 is 2.76 bits per heavy atom. The van der Waals surface area contributed by atoms with Gasteiger partial charge in [-0.25, -0.2) is 9.97 Å². The van der Waals surface area contributed by atoms with Gasteiger partial charge in [0, 0.05) is 25.4 Å². The van der Waals surface area contributed by atoms with Gasteiger partial charge < -0.3 is 10.2 Å². The van der Waals surface area contributed by atoms with Crippen molar-refractivity contribution < 1.29 is 0 Å². The van der Waals surface area contributed by atoms with Crippen molar-refractivity contribution in [3.8, 4) is 6.07 Å². The van der Waals surface area contributed by atoms with Crippen molar-refractivity contribution in [2.24, 2.45) is 0 Å². The standard InChI is InChI=1S/C16H19N5/c1-4-18-15-9-12(2)19-16(20-15)11-21(3)14-8-6-5-7-13(14)10-17/h5-9H,4,11H2,1-3H3,(H,18,19,20). The minimum absolute atomic E-state index is 0.554. The normalized spacial score (nSPS) is 10.0. The van der Waals surface area contributed by atoms with E-state index in [1.54, 1.807) is 0 Å². The second-order valence-electron chi connectivity index (χ2n) is 4.83. The average Bonchev–Trinajstić information content (AvgIpc) is 2.46. The van der Waals surface area contributed by atoms with Crippen LogP contribution in [0.5, 0.6) is 0 Å². The van der Waals surface area contributed by atoms with E-state index in [4.69, 9.17) is 0 Å². The topological polar surface area (TPSA) is 64.8 Å². The Morgan fingerprint density at radius 2 is 2.05 bits per heavy atom. The van der Waals surface area contributed by atoms with Crippen LogP contribution in [0.3, 0.4) is 0 Å². The summed E-state index contributed by atoms with van der Waals surface area (Å²) in [5.74, 6) is 1.57. The van der Waals surface area contributed by atoms with Crippen molar-refractivity contribution in [3.63, 3.8) is 0 Å². The number of para-hydroxylation sites is 1. The minimum Gasteiger partial charge on any atom is -0.370 e. The van der Waals surface area contributed by atoms with Crippen LogP contribution in [0.15, 0.2) is 30.3 Å². The van der Waals surface area contributed by atoms with E-state index in [2.05, 4.69) is 21.4 Å². The lowest BCUT2D eigenvalue weighted by Crippen LogP contribution is -2.20. The van der Waals surface area contributed by atoms with Crippen molar-refractivity contribution in [2.45, 2.75) is 20.4 Å². The smallest absolute Gasteiger partial charge is 0.150 e. The molecule has 5 nitrogen and oxygen atoms in total. The molecule has 5 heteroatoms. The third kappa shape index (κ3) is 3.69. The molecule has 0 atom stereocenters. The zero-order valence-electron chi connectivity index (χ0n) is 12.6. The number of aryl methyl sites for hydroxylation is 1. The predicted molar refractivity (Wildman–Crippen MR) is 84.2 cm³/mol. The summed E-state index contributed by atoms with van der Waals surface area (Å²) in [7, 11) is 1.94. The molecular formula is C16H19N5. The first-order valence-corrected chi connectivity index (χ1v) is 6.92. The highest BCUT2D eigenvalue weighted by Crippen LogP contribution is 2.19. The van der Waals surface area contributed by atoms with Gasteiger partial charge >= 0.3 is 0 Å². The van der Waals surface area contributed by atoms with Crippen molar-refractivity contribution in [1.82, 2.24) is 9.97 Å². The lowest BCUT2D eigenvalue weighted by molar-refractivity contribution is 0.827. The summed E-state index contributed by atoms with van der Waals surface area (Å²) in [6, 6.07) is 11.7. The number of nitrogens with zero attached hydrogens (tertiary/aromatic N) is 4. The number of rotatable bonds is 5. The average molecular weight is 281 g/mol. The third-order valence-corrected chi connectivity index (χ3v) is 3.07. The SMILES string of the molecule is CCNc1cc(C)nc(CN(C)c2ccccc2C#N)n1. The van der Waals surface area contributed by atoms with Crippen molar-refractivity contribution in [2.75, 3.05) is 23.8 Å². The quantitative estimate of drug-likeness (QED) is 0.913. The lowest BCUT2D eigenvalue weighted by atomic mass is 10.2. The fourth-order valence-corrected chi connectivity index (χ4v) is 2.17. The van der Waals surface area contributed by atoms with E-state index in [9.17, 15) is 5.26 Å². The van der Waals surface area contributed by atoms with Crippen LogP contribution in [0, 0.1) is 18.3 Å². The molecule has 2 aromatic rings. The molecule has 0 bridgehead atoms. The Morgan fingerprint density at radius 1 is 1.29 bits per heavy atom. The zero-order valence-corrected chi connectivity index (χ0v) is 12.6. The lowest BCUT2D eigenvalue weighted by Gasteiger charge is -2.20. The summed E-state index contributed by atoms with van der Waals surface area (Å²) in [6.07, 6.45) is 0. The molecule has 1 heterocycles. The molecule has 0 unspecified atom stereocenters.